The third-order valence-corrected chi connectivity index (χ3v) is 4.95. The molecule has 0 fully saturated rings. The molecule has 0 saturated carbocycles. The van der Waals surface area contributed by atoms with Crippen LogP contribution in [0.3, 0.4) is 0 Å². The van der Waals surface area contributed by atoms with Gasteiger partial charge in [-0.15, -0.1) is 12.4 Å². The molecule has 0 radical (unpaired) electrons. The predicted octanol–water partition coefficient (Wildman–Crippen LogP) is 4.84. The summed E-state index contributed by atoms with van der Waals surface area (Å²) in [6.45, 7) is 6.01. The summed E-state index contributed by atoms with van der Waals surface area (Å²) in [6, 6.07) is 6.05. The Morgan fingerprint density at radius 3 is 2.73 bits per heavy atom. The molecule has 136 valence electrons. The van der Waals surface area contributed by atoms with Gasteiger partial charge in [-0.05, 0) is 32.9 Å². The molecule has 0 saturated heterocycles. The highest BCUT2D eigenvalue weighted by molar-refractivity contribution is 7.22. The van der Waals surface area contributed by atoms with Crippen LogP contribution >= 0.6 is 23.7 Å². The summed E-state index contributed by atoms with van der Waals surface area (Å²) < 4.78 is 9.02. The summed E-state index contributed by atoms with van der Waals surface area (Å²) >= 11 is 1.59. The fourth-order valence-electron chi connectivity index (χ4n) is 2.76. The van der Waals surface area contributed by atoms with Crippen molar-refractivity contribution in [1.29, 1.82) is 0 Å². The van der Waals surface area contributed by atoms with Gasteiger partial charge in [-0.25, -0.2) is 9.97 Å². The lowest BCUT2D eigenvalue weighted by molar-refractivity contribution is 0.243. The zero-order chi connectivity index (χ0) is 17.6. The molecule has 3 heterocycles. The molecule has 0 spiro atoms. The van der Waals surface area contributed by atoms with Gasteiger partial charge < -0.3 is 14.6 Å². The number of anilines is 2. The SMILES string of the molecule is Cc1nc2c3nc(Nc4cnccc4OC(C)C)sc3ccc2n1C.Cl. The minimum absolute atomic E-state index is 0. The van der Waals surface area contributed by atoms with E-state index in [4.69, 9.17) is 9.72 Å². The van der Waals surface area contributed by atoms with E-state index < -0.39 is 0 Å². The molecule has 0 aliphatic heterocycles. The van der Waals surface area contributed by atoms with E-state index in [-0.39, 0.29) is 18.5 Å². The van der Waals surface area contributed by atoms with Crippen LogP contribution in [0, 0.1) is 6.92 Å². The van der Waals surface area contributed by atoms with Gasteiger partial charge >= 0.3 is 0 Å². The van der Waals surface area contributed by atoms with E-state index in [0.29, 0.717) is 0 Å². The number of benzene rings is 1. The number of pyridine rings is 1. The second kappa shape index (κ2) is 7.09. The molecular formula is C18H20ClN5OS. The molecule has 26 heavy (non-hydrogen) atoms. The van der Waals surface area contributed by atoms with Crippen LogP contribution in [0.4, 0.5) is 10.8 Å². The highest BCUT2D eigenvalue weighted by Gasteiger charge is 2.14. The first kappa shape index (κ1) is 18.4. The van der Waals surface area contributed by atoms with Crippen molar-refractivity contribution in [2.24, 2.45) is 7.05 Å². The van der Waals surface area contributed by atoms with Gasteiger partial charge in [0.15, 0.2) is 5.13 Å². The summed E-state index contributed by atoms with van der Waals surface area (Å²) in [4.78, 5) is 13.6. The average Bonchev–Trinajstić information content (AvgIpc) is 3.10. The molecular weight excluding hydrogens is 370 g/mol. The quantitative estimate of drug-likeness (QED) is 0.541. The molecule has 1 N–H and O–H groups in total. The van der Waals surface area contributed by atoms with Crippen molar-refractivity contribution in [3.63, 3.8) is 0 Å². The largest absolute Gasteiger partial charge is 0.489 e. The Balaban J connectivity index is 0.00000196. The van der Waals surface area contributed by atoms with E-state index in [9.17, 15) is 0 Å². The van der Waals surface area contributed by atoms with Crippen LogP contribution in [-0.4, -0.2) is 25.6 Å². The highest BCUT2D eigenvalue weighted by Crippen LogP contribution is 2.35. The average molecular weight is 390 g/mol. The zero-order valence-electron chi connectivity index (χ0n) is 15.0. The number of fused-ring (bicyclic) bond motifs is 3. The van der Waals surface area contributed by atoms with Gasteiger partial charge in [-0.3, -0.25) is 4.98 Å². The molecule has 0 atom stereocenters. The van der Waals surface area contributed by atoms with Gasteiger partial charge in [0.2, 0.25) is 0 Å². The van der Waals surface area contributed by atoms with Gasteiger partial charge in [0.25, 0.3) is 0 Å². The van der Waals surface area contributed by atoms with Crippen molar-refractivity contribution in [1.82, 2.24) is 19.5 Å². The lowest BCUT2D eigenvalue weighted by atomic mass is 10.3. The first-order valence-electron chi connectivity index (χ1n) is 8.13. The first-order valence-corrected chi connectivity index (χ1v) is 8.95. The maximum atomic E-state index is 5.84. The molecule has 0 aliphatic carbocycles. The Morgan fingerprint density at radius 1 is 1.15 bits per heavy atom. The summed E-state index contributed by atoms with van der Waals surface area (Å²) in [7, 11) is 2.02. The second-order valence-corrected chi connectivity index (χ2v) is 7.21. The number of aromatic nitrogens is 4. The normalized spacial score (nSPS) is 11.1. The zero-order valence-corrected chi connectivity index (χ0v) is 16.6. The highest BCUT2D eigenvalue weighted by atomic mass is 35.5. The Hall–Kier alpha value is -2.38. The van der Waals surface area contributed by atoms with Crippen molar-refractivity contribution in [3.8, 4) is 5.75 Å². The monoisotopic (exact) mass is 389 g/mol. The number of nitrogens with one attached hydrogen (secondary N) is 1. The van der Waals surface area contributed by atoms with E-state index in [2.05, 4.69) is 32.0 Å². The molecule has 0 unspecified atom stereocenters. The van der Waals surface area contributed by atoms with Crippen LogP contribution in [0.15, 0.2) is 30.6 Å². The molecule has 1 aromatic carbocycles. The lowest BCUT2D eigenvalue weighted by Gasteiger charge is -2.13. The summed E-state index contributed by atoms with van der Waals surface area (Å²) in [6.07, 6.45) is 3.57. The van der Waals surface area contributed by atoms with Crippen molar-refractivity contribution in [2.75, 3.05) is 5.32 Å². The van der Waals surface area contributed by atoms with E-state index in [1.165, 1.54) is 0 Å². The molecule has 4 aromatic rings. The molecule has 0 bridgehead atoms. The first-order chi connectivity index (χ1) is 12.0. The van der Waals surface area contributed by atoms with Gasteiger partial charge in [-0.2, -0.15) is 0 Å². The van der Waals surface area contributed by atoms with Crippen molar-refractivity contribution in [3.05, 3.63) is 36.4 Å². The standard InChI is InChI=1S/C18H19N5OS.ClH/c1-10(2)24-14-7-8-19-9-12(14)21-18-22-17-15(25-18)6-5-13-16(17)20-11(3)23(13)4;/h5-10H,1-4H3,(H,21,22);1H. The summed E-state index contributed by atoms with van der Waals surface area (Å²) in [5, 5.41) is 4.14. The summed E-state index contributed by atoms with van der Waals surface area (Å²) in [5.74, 6) is 1.74. The molecule has 8 heteroatoms. The Morgan fingerprint density at radius 2 is 1.96 bits per heavy atom. The third kappa shape index (κ3) is 3.20. The van der Waals surface area contributed by atoms with Gasteiger partial charge in [0.05, 0.1) is 22.5 Å². The molecule has 0 amide bonds. The number of hydrogen-bond donors (Lipinski definition) is 1. The number of rotatable bonds is 4. The molecule has 0 aliphatic rings. The van der Waals surface area contributed by atoms with Crippen molar-refractivity contribution in [2.45, 2.75) is 26.9 Å². The maximum Gasteiger partial charge on any atom is 0.188 e. The van der Waals surface area contributed by atoms with E-state index in [1.807, 2.05) is 33.9 Å². The second-order valence-electron chi connectivity index (χ2n) is 6.18. The van der Waals surface area contributed by atoms with Crippen LogP contribution < -0.4 is 10.1 Å². The Labute approximate surface area is 161 Å². The summed E-state index contributed by atoms with van der Waals surface area (Å²) in [5.41, 5.74) is 3.76. The number of imidazole rings is 1. The van der Waals surface area contributed by atoms with Gasteiger partial charge in [-0.1, -0.05) is 11.3 Å². The Bertz CT molecular complexity index is 1070. The smallest absolute Gasteiger partial charge is 0.188 e. The number of thiazole rings is 1. The molecule has 3 aromatic heterocycles. The minimum Gasteiger partial charge on any atom is -0.489 e. The number of aryl methyl sites for hydroxylation is 2. The molecule has 4 rings (SSSR count). The molecule has 6 nitrogen and oxygen atoms in total. The lowest BCUT2D eigenvalue weighted by Crippen LogP contribution is -2.07. The number of nitrogens with zero attached hydrogens (tertiary/aromatic N) is 4. The maximum absolute atomic E-state index is 5.84. The van der Waals surface area contributed by atoms with E-state index >= 15 is 0 Å². The van der Waals surface area contributed by atoms with E-state index in [0.717, 1.165) is 43.6 Å². The van der Waals surface area contributed by atoms with Crippen molar-refractivity contribution >= 4 is 55.8 Å². The third-order valence-electron chi connectivity index (χ3n) is 4.02. The van der Waals surface area contributed by atoms with Gasteiger partial charge in [0, 0.05) is 19.3 Å². The van der Waals surface area contributed by atoms with Crippen LogP contribution in [0.2, 0.25) is 0 Å². The van der Waals surface area contributed by atoms with Gasteiger partial charge in [0.1, 0.15) is 28.3 Å². The number of halogens is 1. The minimum atomic E-state index is 0. The van der Waals surface area contributed by atoms with Crippen LogP contribution in [-0.2, 0) is 7.05 Å². The fourth-order valence-corrected chi connectivity index (χ4v) is 3.64. The Kier molecular flexibility index (Phi) is 5.02. The number of hydrogen-bond acceptors (Lipinski definition) is 6. The van der Waals surface area contributed by atoms with Crippen LogP contribution in [0.1, 0.15) is 19.7 Å². The van der Waals surface area contributed by atoms with Crippen LogP contribution in [0.5, 0.6) is 5.75 Å². The topological polar surface area (TPSA) is 64.9 Å². The predicted molar refractivity (Wildman–Crippen MR) is 109 cm³/mol. The number of ether oxygens (including phenoxy) is 1. The van der Waals surface area contributed by atoms with Crippen LogP contribution in [0.25, 0.3) is 21.3 Å². The van der Waals surface area contributed by atoms with Crippen molar-refractivity contribution < 1.29 is 4.74 Å². The van der Waals surface area contributed by atoms with E-state index in [1.54, 1.807) is 23.7 Å². The fraction of sp³-hybridized carbons (Fsp3) is 0.278.